The van der Waals surface area contributed by atoms with Crippen molar-refractivity contribution in [1.29, 1.82) is 0 Å². The molecule has 0 radical (unpaired) electrons. The molecule has 3 heterocycles. The van der Waals surface area contributed by atoms with Crippen LogP contribution in [0, 0.1) is 0 Å². The predicted octanol–water partition coefficient (Wildman–Crippen LogP) is 13.1. The molecule has 5 nitrogen and oxygen atoms in total. The summed E-state index contributed by atoms with van der Waals surface area (Å²) >= 11 is 0. The summed E-state index contributed by atoms with van der Waals surface area (Å²) in [5.41, 5.74) is 14.1. The lowest BCUT2D eigenvalue weighted by Crippen LogP contribution is -2.31. The molecule has 0 amide bonds. The number of fused-ring (bicyclic) bond motifs is 8. The fraction of sp³-hybridized carbons (Fsp3) is 0.0727. The molecular weight excluding hydrogens is 731 g/mol. The van der Waals surface area contributed by atoms with Crippen molar-refractivity contribution in [3.63, 3.8) is 0 Å². The Bertz CT molecular complexity index is 3180. The number of anilines is 3. The highest BCUT2D eigenvalue weighted by molar-refractivity contribution is 6.09. The molecular formula is C55H39N5. The van der Waals surface area contributed by atoms with E-state index in [4.69, 9.17) is 15.0 Å². The lowest BCUT2D eigenvalue weighted by Gasteiger charge is -2.40. The number of benzene rings is 8. The molecule has 5 heteroatoms. The number of nitrogens with zero attached hydrogens (tertiary/aromatic N) is 5. The van der Waals surface area contributed by atoms with E-state index in [1.165, 1.54) is 38.9 Å². The number of aromatic nitrogens is 4. The minimum absolute atomic E-state index is 0.233. The molecule has 0 atom stereocenters. The Morgan fingerprint density at radius 1 is 0.400 bits per heavy atom. The van der Waals surface area contributed by atoms with Crippen LogP contribution in [0.2, 0.25) is 0 Å². The standard InChI is InChI=1S/C55H39N5/c1-54(2)45-29-12-16-33-49(45)60(50-34-17-13-30-46(50)54)53-57-51(56-52(58-53)59-47-31-14-8-25-41(47)42-26-9-15-32-48(42)59)36-19-18-22-38(35-36)55(37-20-4-3-5-21-37)43-27-10-6-23-39(43)40-24-7-11-28-44(40)55/h3-35H,1-2H3. The van der Waals surface area contributed by atoms with Crippen molar-refractivity contribution in [2.24, 2.45) is 0 Å². The summed E-state index contributed by atoms with van der Waals surface area (Å²) in [4.78, 5) is 18.6. The minimum atomic E-state index is -0.563. The van der Waals surface area contributed by atoms with Gasteiger partial charge in [0.05, 0.1) is 27.8 Å². The molecule has 0 fully saturated rings. The van der Waals surface area contributed by atoms with Gasteiger partial charge >= 0.3 is 0 Å². The van der Waals surface area contributed by atoms with Crippen LogP contribution in [-0.2, 0) is 10.8 Å². The van der Waals surface area contributed by atoms with Gasteiger partial charge in [-0.15, -0.1) is 0 Å². The van der Waals surface area contributed by atoms with Crippen LogP contribution in [0.15, 0.2) is 200 Å². The Hall–Kier alpha value is -7.63. The highest BCUT2D eigenvalue weighted by atomic mass is 15.3. The van der Waals surface area contributed by atoms with Gasteiger partial charge in [0.2, 0.25) is 11.9 Å². The summed E-state index contributed by atoms with van der Waals surface area (Å²) in [5.74, 6) is 1.72. The van der Waals surface area contributed by atoms with E-state index in [9.17, 15) is 0 Å². The molecule has 12 rings (SSSR count). The van der Waals surface area contributed by atoms with Crippen molar-refractivity contribution in [3.05, 3.63) is 234 Å². The van der Waals surface area contributed by atoms with Gasteiger partial charge in [-0.1, -0.05) is 184 Å². The van der Waals surface area contributed by atoms with Crippen molar-refractivity contribution in [2.75, 3.05) is 4.90 Å². The van der Waals surface area contributed by atoms with Crippen LogP contribution < -0.4 is 4.90 Å². The Balaban J connectivity index is 1.15. The van der Waals surface area contributed by atoms with E-state index in [-0.39, 0.29) is 5.41 Å². The summed E-state index contributed by atoms with van der Waals surface area (Å²) in [6, 6.07) is 71.9. The fourth-order valence-electron chi connectivity index (χ4n) is 10.3. The van der Waals surface area contributed by atoms with Gasteiger partial charge in [0.25, 0.3) is 0 Å². The molecule has 8 aromatic carbocycles. The van der Waals surface area contributed by atoms with Crippen molar-refractivity contribution in [2.45, 2.75) is 24.7 Å². The Kier molecular flexibility index (Phi) is 7.42. The zero-order chi connectivity index (χ0) is 40.0. The second-order valence-electron chi connectivity index (χ2n) is 16.4. The fourth-order valence-corrected chi connectivity index (χ4v) is 10.3. The number of hydrogen-bond donors (Lipinski definition) is 0. The smallest absolute Gasteiger partial charge is 0.240 e. The third-order valence-corrected chi connectivity index (χ3v) is 12.9. The highest BCUT2D eigenvalue weighted by Gasteiger charge is 2.46. The van der Waals surface area contributed by atoms with Gasteiger partial charge in [0.1, 0.15) is 0 Å². The Morgan fingerprint density at radius 2 is 0.883 bits per heavy atom. The number of rotatable bonds is 5. The molecule has 0 spiro atoms. The molecule has 1 aliphatic carbocycles. The first-order chi connectivity index (χ1) is 29.5. The lowest BCUT2D eigenvalue weighted by molar-refractivity contribution is 0.630. The van der Waals surface area contributed by atoms with Crippen LogP contribution in [0.3, 0.4) is 0 Å². The first kappa shape index (κ1) is 34.4. The maximum Gasteiger partial charge on any atom is 0.240 e. The highest BCUT2D eigenvalue weighted by Crippen LogP contribution is 2.56. The van der Waals surface area contributed by atoms with Crippen molar-refractivity contribution in [1.82, 2.24) is 19.5 Å². The second kappa shape index (κ2) is 12.9. The van der Waals surface area contributed by atoms with Crippen molar-refractivity contribution >= 4 is 39.1 Å². The van der Waals surface area contributed by atoms with Crippen LogP contribution >= 0.6 is 0 Å². The van der Waals surface area contributed by atoms with E-state index in [0.717, 1.165) is 44.3 Å². The van der Waals surface area contributed by atoms with Crippen LogP contribution in [0.1, 0.15) is 47.2 Å². The summed E-state index contributed by atoms with van der Waals surface area (Å²) in [6.45, 7) is 4.61. The van der Waals surface area contributed by atoms with Gasteiger partial charge in [-0.2, -0.15) is 15.0 Å². The molecule has 0 saturated heterocycles. The molecule has 0 bridgehead atoms. The second-order valence-corrected chi connectivity index (χ2v) is 16.4. The van der Waals surface area contributed by atoms with E-state index in [1.807, 2.05) is 0 Å². The molecule has 2 aromatic heterocycles. The molecule has 60 heavy (non-hydrogen) atoms. The van der Waals surface area contributed by atoms with Crippen LogP contribution in [0.25, 0.3) is 50.3 Å². The Morgan fingerprint density at radius 3 is 1.50 bits per heavy atom. The molecule has 0 unspecified atom stereocenters. The Labute approximate surface area is 348 Å². The molecule has 1 aliphatic heterocycles. The van der Waals surface area contributed by atoms with Gasteiger partial charge in [0.15, 0.2) is 5.82 Å². The summed E-state index contributed by atoms with van der Waals surface area (Å²) in [5, 5.41) is 2.30. The third-order valence-electron chi connectivity index (χ3n) is 12.9. The van der Waals surface area contributed by atoms with Crippen molar-refractivity contribution in [3.8, 4) is 28.5 Å². The van der Waals surface area contributed by atoms with Crippen molar-refractivity contribution < 1.29 is 0 Å². The zero-order valence-electron chi connectivity index (χ0n) is 33.3. The molecule has 0 N–H and O–H groups in total. The van der Waals surface area contributed by atoms with Gasteiger partial charge in [-0.05, 0) is 74.8 Å². The third kappa shape index (κ3) is 4.77. The van der Waals surface area contributed by atoms with Crippen LogP contribution in [0.5, 0.6) is 0 Å². The minimum Gasteiger partial charge on any atom is -0.278 e. The van der Waals surface area contributed by atoms with Crippen LogP contribution in [0.4, 0.5) is 17.3 Å². The molecule has 10 aromatic rings. The molecule has 284 valence electrons. The first-order valence-corrected chi connectivity index (χ1v) is 20.6. The average Bonchev–Trinajstić information content (AvgIpc) is 3.81. The topological polar surface area (TPSA) is 46.8 Å². The number of hydrogen-bond acceptors (Lipinski definition) is 4. The normalized spacial score (nSPS) is 14.4. The largest absolute Gasteiger partial charge is 0.278 e. The SMILES string of the molecule is CC1(C)c2ccccc2N(c2nc(-c3cccc(C4(c5ccccc5)c5ccccc5-c5ccccc54)c3)nc(-n3c4ccccc4c4ccccc43)n2)c2ccccc21. The lowest BCUT2D eigenvalue weighted by atomic mass is 9.67. The maximum atomic E-state index is 5.49. The summed E-state index contributed by atoms with van der Waals surface area (Å²) in [6.07, 6.45) is 0. The van der Waals surface area contributed by atoms with E-state index in [2.05, 4.69) is 224 Å². The van der Waals surface area contributed by atoms with E-state index < -0.39 is 5.41 Å². The monoisotopic (exact) mass is 769 g/mol. The maximum absolute atomic E-state index is 5.49. The zero-order valence-corrected chi connectivity index (χ0v) is 33.3. The van der Waals surface area contributed by atoms with E-state index >= 15 is 0 Å². The summed E-state index contributed by atoms with van der Waals surface area (Å²) in [7, 11) is 0. The van der Waals surface area contributed by atoms with Crippen LogP contribution in [-0.4, -0.2) is 19.5 Å². The summed E-state index contributed by atoms with van der Waals surface area (Å²) < 4.78 is 2.20. The van der Waals surface area contributed by atoms with E-state index in [0.29, 0.717) is 17.7 Å². The van der Waals surface area contributed by atoms with Gasteiger partial charge in [-0.25, -0.2) is 0 Å². The van der Waals surface area contributed by atoms with Gasteiger partial charge in [0, 0.05) is 21.8 Å². The first-order valence-electron chi connectivity index (χ1n) is 20.6. The van der Waals surface area contributed by atoms with Gasteiger partial charge < -0.3 is 0 Å². The quantitative estimate of drug-likeness (QED) is 0.175. The molecule has 2 aliphatic rings. The predicted molar refractivity (Wildman–Crippen MR) is 244 cm³/mol. The average molecular weight is 770 g/mol. The van der Waals surface area contributed by atoms with E-state index in [1.54, 1.807) is 0 Å². The van der Waals surface area contributed by atoms with Gasteiger partial charge in [-0.3, -0.25) is 9.47 Å². The molecule has 0 saturated carbocycles. The number of para-hydroxylation sites is 4.